The van der Waals surface area contributed by atoms with Gasteiger partial charge in [-0.15, -0.1) is 0 Å². The lowest BCUT2D eigenvalue weighted by Gasteiger charge is -2.36. The highest BCUT2D eigenvalue weighted by Gasteiger charge is 2.23. The van der Waals surface area contributed by atoms with Crippen LogP contribution >= 0.6 is 12.2 Å². The summed E-state index contributed by atoms with van der Waals surface area (Å²) in [6, 6.07) is 8.96. The molecular weight excluding hydrogens is 412 g/mol. The topological polar surface area (TPSA) is 75.4 Å². The number of hydrogen-bond acceptors (Lipinski definition) is 6. The second kappa shape index (κ2) is 8.80. The fourth-order valence-corrected chi connectivity index (χ4v) is 3.56. The lowest BCUT2D eigenvalue weighted by Crippen LogP contribution is -2.46. The van der Waals surface area contributed by atoms with Crippen molar-refractivity contribution in [3.63, 3.8) is 0 Å². The molecule has 0 saturated carbocycles. The Labute approximate surface area is 178 Å². The van der Waals surface area contributed by atoms with Gasteiger partial charge in [-0.05, 0) is 42.0 Å². The molecule has 2 aliphatic rings. The molecule has 4 rings (SSSR count). The normalized spacial score (nSPS) is 16.3. The van der Waals surface area contributed by atoms with Crippen molar-refractivity contribution in [2.75, 3.05) is 37.9 Å². The number of nitrogens with one attached hydrogen (secondary N) is 1. The minimum Gasteiger partial charge on any atom is -0.454 e. The summed E-state index contributed by atoms with van der Waals surface area (Å²) in [6.45, 7) is 3.66. The SMILES string of the molecule is NC(=S)N/N=C/c1ccc(N2CCN(Cc3ccc4c(c3)OCO4)CC2)c(F)c1F. The predicted octanol–water partition coefficient (Wildman–Crippen LogP) is 2.18. The van der Waals surface area contributed by atoms with E-state index in [4.69, 9.17) is 15.2 Å². The maximum atomic E-state index is 14.6. The van der Waals surface area contributed by atoms with Crippen molar-refractivity contribution in [3.05, 3.63) is 53.1 Å². The zero-order valence-electron chi connectivity index (χ0n) is 16.1. The molecule has 2 heterocycles. The van der Waals surface area contributed by atoms with Gasteiger partial charge in [-0.25, -0.2) is 8.78 Å². The zero-order valence-corrected chi connectivity index (χ0v) is 16.9. The van der Waals surface area contributed by atoms with E-state index >= 15 is 0 Å². The van der Waals surface area contributed by atoms with E-state index in [0.29, 0.717) is 13.1 Å². The highest BCUT2D eigenvalue weighted by atomic mass is 32.1. The van der Waals surface area contributed by atoms with Gasteiger partial charge in [0, 0.05) is 38.3 Å². The molecule has 10 heteroatoms. The van der Waals surface area contributed by atoms with Crippen molar-refractivity contribution in [1.82, 2.24) is 10.3 Å². The van der Waals surface area contributed by atoms with Gasteiger partial charge in [-0.3, -0.25) is 10.3 Å². The van der Waals surface area contributed by atoms with E-state index in [1.54, 1.807) is 6.07 Å². The fraction of sp³-hybridized carbons (Fsp3) is 0.300. The minimum atomic E-state index is -0.955. The molecule has 3 N–H and O–H groups in total. The molecule has 0 radical (unpaired) electrons. The van der Waals surface area contributed by atoms with Crippen LogP contribution in [-0.4, -0.2) is 49.2 Å². The first-order chi connectivity index (χ1) is 14.5. The van der Waals surface area contributed by atoms with Gasteiger partial charge in [0.25, 0.3) is 0 Å². The number of hydrogen-bond donors (Lipinski definition) is 2. The Bertz CT molecular complexity index is 980. The van der Waals surface area contributed by atoms with Crippen LogP contribution in [0.15, 0.2) is 35.4 Å². The van der Waals surface area contributed by atoms with Crippen LogP contribution in [0.2, 0.25) is 0 Å². The summed E-state index contributed by atoms with van der Waals surface area (Å²) in [4.78, 5) is 4.12. The van der Waals surface area contributed by atoms with E-state index in [-0.39, 0.29) is 23.2 Å². The lowest BCUT2D eigenvalue weighted by atomic mass is 10.1. The Balaban J connectivity index is 1.37. The zero-order chi connectivity index (χ0) is 21.1. The molecule has 0 bridgehead atoms. The van der Waals surface area contributed by atoms with E-state index in [2.05, 4.69) is 27.6 Å². The van der Waals surface area contributed by atoms with Crippen molar-refractivity contribution in [1.29, 1.82) is 0 Å². The first kappa shape index (κ1) is 20.3. The van der Waals surface area contributed by atoms with Crippen LogP contribution in [0.4, 0.5) is 14.5 Å². The van der Waals surface area contributed by atoms with E-state index in [1.807, 2.05) is 23.1 Å². The maximum Gasteiger partial charge on any atom is 0.231 e. The summed E-state index contributed by atoms with van der Waals surface area (Å²) in [5.74, 6) is -0.325. The number of thiocarbonyl (C=S) groups is 1. The Hall–Kier alpha value is -2.98. The second-order valence-electron chi connectivity index (χ2n) is 6.99. The van der Waals surface area contributed by atoms with Crippen LogP contribution in [0.1, 0.15) is 11.1 Å². The van der Waals surface area contributed by atoms with E-state index in [9.17, 15) is 8.78 Å². The van der Waals surface area contributed by atoms with Gasteiger partial charge in [-0.1, -0.05) is 6.07 Å². The summed E-state index contributed by atoms with van der Waals surface area (Å²) < 4.78 is 39.8. The molecule has 0 unspecified atom stereocenters. The Morgan fingerprint density at radius 1 is 1.10 bits per heavy atom. The molecule has 2 aliphatic heterocycles. The first-order valence-corrected chi connectivity index (χ1v) is 9.84. The van der Waals surface area contributed by atoms with E-state index in [0.717, 1.165) is 42.9 Å². The highest BCUT2D eigenvalue weighted by molar-refractivity contribution is 7.80. The van der Waals surface area contributed by atoms with E-state index in [1.165, 1.54) is 6.07 Å². The number of hydrazone groups is 1. The molecule has 0 aromatic heterocycles. The molecule has 0 amide bonds. The standard InChI is InChI=1S/C20H21F2N5O2S/c21-18-14(10-24-25-20(23)30)2-3-15(19(18)22)27-7-5-26(6-8-27)11-13-1-4-16-17(9-13)29-12-28-16/h1-4,9-10H,5-8,11-12H2,(H3,23,25,30)/b24-10+. The third-order valence-electron chi connectivity index (χ3n) is 5.03. The summed E-state index contributed by atoms with van der Waals surface area (Å²) >= 11 is 4.61. The van der Waals surface area contributed by atoms with Crippen molar-refractivity contribution in [3.8, 4) is 11.5 Å². The molecular formula is C20H21F2N5O2S. The molecule has 0 spiro atoms. The van der Waals surface area contributed by atoms with Crippen LogP contribution in [0.5, 0.6) is 11.5 Å². The van der Waals surface area contributed by atoms with Crippen molar-refractivity contribution in [2.45, 2.75) is 6.54 Å². The Morgan fingerprint density at radius 2 is 1.87 bits per heavy atom. The minimum absolute atomic E-state index is 0.0152. The molecule has 2 aromatic carbocycles. The van der Waals surface area contributed by atoms with Crippen molar-refractivity contribution < 1.29 is 18.3 Å². The number of fused-ring (bicyclic) bond motifs is 1. The number of ether oxygens (including phenoxy) is 2. The quantitative estimate of drug-likeness (QED) is 0.425. The summed E-state index contributed by atoms with van der Waals surface area (Å²) in [6.07, 6.45) is 1.14. The van der Waals surface area contributed by atoms with E-state index < -0.39 is 11.6 Å². The van der Waals surface area contributed by atoms with Crippen LogP contribution in [0, 0.1) is 11.6 Å². The summed E-state index contributed by atoms with van der Waals surface area (Å²) in [5.41, 5.74) is 8.95. The number of nitrogens with zero attached hydrogens (tertiary/aromatic N) is 3. The van der Waals surface area contributed by atoms with Crippen LogP contribution in [-0.2, 0) is 6.54 Å². The Morgan fingerprint density at radius 3 is 2.63 bits per heavy atom. The van der Waals surface area contributed by atoms with Gasteiger partial charge in [0.15, 0.2) is 28.2 Å². The second-order valence-corrected chi connectivity index (χ2v) is 7.43. The molecule has 7 nitrogen and oxygen atoms in total. The molecule has 158 valence electrons. The maximum absolute atomic E-state index is 14.6. The van der Waals surface area contributed by atoms with Gasteiger partial charge in [-0.2, -0.15) is 5.10 Å². The van der Waals surface area contributed by atoms with Crippen molar-refractivity contribution >= 4 is 29.2 Å². The van der Waals surface area contributed by atoms with Crippen molar-refractivity contribution in [2.24, 2.45) is 10.8 Å². The number of anilines is 1. The number of benzene rings is 2. The number of halogens is 2. The third kappa shape index (κ3) is 4.44. The molecule has 1 saturated heterocycles. The molecule has 1 fully saturated rings. The van der Waals surface area contributed by atoms with Gasteiger partial charge >= 0.3 is 0 Å². The van der Waals surface area contributed by atoms with Gasteiger partial charge in [0.2, 0.25) is 6.79 Å². The van der Waals surface area contributed by atoms with Crippen LogP contribution in [0.3, 0.4) is 0 Å². The lowest BCUT2D eigenvalue weighted by molar-refractivity contribution is 0.174. The largest absolute Gasteiger partial charge is 0.454 e. The molecule has 0 atom stereocenters. The summed E-state index contributed by atoms with van der Waals surface area (Å²) in [5, 5.41) is 3.62. The van der Waals surface area contributed by atoms with Crippen LogP contribution < -0.4 is 25.5 Å². The average Bonchev–Trinajstić information content (AvgIpc) is 3.20. The molecule has 30 heavy (non-hydrogen) atoms. The fourth-order valence-electron chi connectivity index (χ4n) is 3.51. The molecule has 2 aromatic rings. The first-order valence-electron chi connectivity index (χ1n) is 9.43. The van der Waals surface area contributed by atoms with Crippen LogP contribution in [0.25, 0.3) is 0 Å². The monoisotopic (exact) mass is 433 g/mol. The van der Waals surface area contributed by atoms with Gasteiger partial charge in [0.1, 0.15) is 0 Å². The molecule has 0 aliphatic carbocycles. The number of nitrogens with two attached hydrogens (primary N) is 1. The predicted molar refractivity (Wildman–Crippen MR) is 114 cm³/mol. The van der Waals surface area contributed by atoms with Gasteiger partial charge in [0.05, 0.1) is 11.9 Å². The smallest absolute Gasteiger partial charge is 0.231 e. The third-order valence-corrected chi connectivity index (χ3v) is 5.12. The number of piperazine rings is 1. The summed E-state index contributed by atoms with van der Waals surface area (Å²) in [7, 11) is 0. The number of rotatable bonds is 5. The Kier molecular flexibility index (Phi) is 5.96. The highest BCUT2D eigenvalue weighted by Crippen LogP contribution is 2.33. The van der Waals surface area contributed by atoms with Gasteiger partial charge < -0.3 is 20.1 Å². The average molecular weight is 433 g/mol.